The summed E-state index contributed by atoms with van der Waals surface area (Å²) in [7, 11) is 0. The van der Waals surface area contributed by atoms with Gasteiger partial charge in [-0.2, -0.15) is 0 Å². The molecule has 4 rings (SSSR count). The molecular weight excluding hydrogens is 352 g/mol. The van der Waals surface area contributed by atoms with Crippen molar-refractivity contribution in [2.24, 2.45) is 0 Å². The van der Waals surface area contributed by atoms with Crippen LogP contribution in [0.4, 0.5) is 5.82 Å². The molecule has 1 saturated heterocycles. The highest BCUT2D eigenvalue weighted by Gasteiger charge is 2.38. The molecule has 1 fully saturated rings. The monoisotopic (exact) mass is 376 g/mol. The van der Waals surface area contributed by atoms with Crippen molar-refractivity contribution < 1.29 is 9.47 Å². The first-order chi connectivity index (χ1) is 13.6. The number of nitrogens with zero attached hydrogens (tertiary/aromatic N) is 2. The molecule has 6 nitrogen and oxygen atoms in total. The van der Waals surface area contributed by atoms with E-state index in [-0.39, 0.29) is 12.2 Å². The SMILES string of the molecule is C=C[C@H]1OC(C)(C)O[C@H]1/C=C/c1c[nH]c2c(NCc3ccccc3)ncnc12. The number of rotatable bonds is 6. The van der Waals surface area contributed by atoms with Gasteiger partial charge >= 0.3 is 0 Å². The first-order valence-electron chi connectivity index (χ1n) is 9.32. The van der Waals surface area contributed by atoms with E-state index in [9.17, 15) is 0 Å². The van der Waals surface area contributed by atoms with E-state index in [4.69, 9.17) is 9.47 Å². The average molecular weight is 376 g/mol. The zero-order valence-corrected chi connectivity index (χ0v) is 16.1. The minimum atomic E-state index is -0.620. The summed E-state index contributed by atoms with van der Waals surface area (Å²) in [6, 6.07) is 10.2. The summed E-state index contributed by atoms with van der Waals surface area (Å²) in [5, 5.41) is 3.38. The van der Waals surface area contributed by atoms with Crippen LogP contribution in [0.2, 0.25) is 0 Å². The van der Waals surface area contributed by atoms with E-state index in [0.29, 0.717) is 6.54 Å². The molecule has 3 aromatic rings. The zero-order valence-electron chi connectivity index (χ0n) is 16.1. The Morgan fingerprint density at radius 1 is 1.18 bits per heavy atom. The fourth-order valence-electron chi connectivity index (χ4n) is 3.35. The number of benzene rings is 1. The van der Waals surface area contributed by atoms with Gasteiger partial charge in [0.2, 0.25) is 0 Å². The van der Waals surface area contributed by atoms with Gasteiger partial charge in [0.15, 0.2) is 11.6 Å². The third-order valence-electron chi connectivity index (χ3n) is 4.66. The molecule has 6 heteroatoms. The number of ether oxygens (including phenoxy) is 2. The molecule has 1 aliphatic rings. The maximum atomic E-state index is 5.94. The number of hydrogen-bond donors (Lipinski definition) is 2. The zero-order chi connectivity index (χ0) is 19.6. The van der Waals surface area contributed by atoms with Gasteiger partial charge in [-0.15, -0.1) is 6.58 Å². The number of fused-ring (bicyclic) bond motifs is 1. The summed E-state index contributed by atoms with van der Waals surface area (Å²) in [5.41, 5.74) is 3.89. The minimum Gasteiger partial charge on any atom is -0.364 e. The molecule has 2 atom stereocenters. The van der Waals surface area contributed by atoms with Crippen molar-refractivity contribution in [1.82, 2.24) is 15.0 Å². The van der Waals surface area contributed by atoms with Crippen LogP contribution in [0.1, 0.15) is 25.0 Å². The second kappa shape index (κ2) is 7.58. The van der Waals surface area contributed by atoms with Crippen molar-refractivity contribution in [2.45, 2.75) is 38.4 Å². The molecule has 0 amide bonds. The Kier molecular flexibility index (Phi) is 4.98. The Morgan fingerprint density at radius 2 is 1.96 bits per heavy atom. The van der Waals surface area contributed by atoms with Gasteiger partial charge in [0.1, 0.15) is 29.6 Å². The molecule has 0 radical (unpaired) electrons. The van der Waals surface area contributed by atoms with Gasteiger partial charge in [0.05, 0.1) is 0 Å². The molecule has 0 bridgehead atoms. The topological polar surface area (TPSA) is 72.1 Å². The predicted molar refractivity (Wildman–Crippen MR) is 111 cm³/mol. The number of hydrogen-bond acceptors (Lipinski definition) is 5. The van der Waals surface area contributed by atoms with Crippen molar-refractivity contribution in [3.8, 4) is 0 Å². The third-order valence-corrected chi connectivity index (χ3v) is 4.66. The average Bonchev–Trinajstić information content (AvgIpc) is 3.25. The summed E-state index contributed by atoms with van der Waals surface area (Å²) in [5.74, 6) is 0.157. The van der Waals surface area contributed by atoms with Gasteiger partial charge in [-0.3, -0.25) is 0 Å². The largest absolute Gasteiger partial charge is 0.364 e. The molecule has 144 valence electrons. The van der Waals surface area contributed by atoms with Crippen LogP contribution < -0.4 is 5.32 Å². The van der Waals surface area contributed by atoms with Crippen LogP contribution in [-0.4, -0.2) is 32.9 Å². The highest BCUT2D eigenvalue weighted by Crippen LogP contribution is 2.30. The van der Waals surface area contributed by atoms with Crippen LogP contribution in [0.3, 0.4) is 0 Å². The molecule has 1 aliphatic heterocycles. The smallest absolute Gasteiger partial charge is 0.164 e. The Balaban J connectivity index is 1.54. The number of anilines is 1. The lowest BCUT2D eigenvalue weighted by Crippen LogP contribution is -2.20. The second-order valence-corrected chi connectivity index (χ2v) is 7.19. The maximum absolute atomic E-state index is 5.94. The lowest BCUT2D eigenvalue weighted by atomic mass is 10.1. The van der Waals surface area contributed by atoms with Gasteiger partial charge in [-0.05, 0) is 19.4 Å². The normalized spacial score (nSPS) is 21.4. The van der Waals surface area contributed by atoms with Crippen molar-refractivity contribution in [2.75, 3.05) is 5.32 Å². The Labute approximate surface area is 164 Å². The maximum Gasteiger partial charge on any atom is 0.164 e. The number of H-pyrrole nitrogens is 1. The first-order valence-corrected chi connectivity index (χ1v) is 9.32. The Morgan fingerprint density at radius 3 is 2.75 bits per heavy atom. The van der Waals surface area contributed by atoms with Crippen LogP contribution in [0.25, 0.3) is 17.1 Å². The van der Waals surface area contributed by atoms with E-state index in [2.05, 4.69) is 39.0 Å². The van der Waals surface area contributed by atoms with Gasteiger partial charge in [0.25, 0.3) is 0 Å². The summed E-state index contributed by atoms with van der Waals surface area (Å²) < 4.78 is 11.8. The first kappa shape index (κ1) is 18.4. The highest BCUT2D eigenvalue weighted by molar-refractivity contribution is 5.92. The number of nitrogens with one attached hydrogen (secondary N) is 2. The Hall–Kier alpha value is -2.96. The van der Waals surface area contributed by atoms with E-state index >= 15 is 0 Å². The quantitative estimate of drug-likeness (QED) is 0.628. The minimum absolute atomic E-state index is 0.172. The van der Waals surface area contributed by atoms with E-state index in [1.54, 1.807) is 12.4 Å². The molecule has 3 heterocycles. The lowest BCUT2D eigenvalue weighted by Gasteiger charge is -2.15. The second-order valence-electron chi connectivity index (χ2n) is 7.19. The number of aromatic nitrogens is 3. The van der Waals surface area contributed by atoms with Gasteiger partial charge in [0, 0.05) is 18.3 Å². The fraction of sp³-hybridized carbons (Fsp3) is 0.273. The molecular formula is C22H24N4O2. The third kappa shape index (κ3) is 3.83. The van der Waals surface area contributed by atoms with Gasteiger partial charge in [-0.25, -0.2) is 9.97 Å². The van der Waals surface area contributed by atoms with Gasteiger partial charge in [-0.1, -0.05) is 48.6 Å². The van der Waals surface area contributed by atoms with Gasteiger partial charge < -0.3 is 19.8 Å². The van der Waals surface area contributed by atoms with E-state index in [0.717, 1.165) is 22.4 Å². The molecule has 2 N–H and O–H groups in total. The summed E-state index contributed by atoms with van der Waals surface area (Å²) in [6.07, 6.45) is 8.90. The highest BCUT2D eigenvalue weighted by atomic mass is 16.7. The lowest BCUT2D eigenvalue weighted by molar-refractivity contribution is -0.138. The molecule has 0 aliphatic carbocycles. The van der Waals surface area contributed by atoms with Crippen LogP contribution in [0.15, 0.2) is 61.6 Å². The predicted octanol–water partition coefficient (Wildman–Crippen LogP) is 4.29. The number of aromatic amines is 1. The van der Waals surface area contributed by atoms with E-state index < -0.39 is 5.79 Å². The van der Waals surface area contributed by atoms with Crippen molar-refractivity contribution in [3.63, 3.8) is 0 Å². The van der Waals surface area contributed by atoms with Crippen LogP contribution >= 0.6 is 0 Å². The summed E-state index contributed by atoms with van der Waals surface area (Å²) in [4.78, 5) is 12.1. The summed E-state index contributed by atoms with van der Waals surface area (Å²) >= 11 is 0. The van der Waals surface area contributed by atoms with Crippen molar-refractivity contribution >= 4 is 22.9 Å². The Bertz CT molecular complexity index is 994. The van der Waals surface area contributed by atoms with Crippen molar-refractivity contribution in [3.05, 3.63) is 72.7 Å². The molecule has 28 heavy (non-hydrogen) atoms. The van der Waals surface area contributed by atoms with E-state index in [1.165, 1.54) is 5.56 Å². The van der Waals surface area contributed by atoms with E-state index in [1.807, 2.05) is 50.4 Å². The summed E-state index contributed by atoms with van der Waals surface area (Å²) in [6.45, 7) is 8.34. The molecule has 0 unspecified atom stereocenters. The van der Waals surface area contributed by atoms with Crippen LogP contribution in [0.5, 0.6) is 0 Å². The fourth-order valence-corrected chi connectivity index (χ4v) is 3.35. The molecule has 1 aromatic carbocycles. The van der Waals surface area contributed by atoms with Crippen molar-refractivity contribution in [1.29, 1.82) is 0 Å². The molecule has 2 aromatic heterocycles. The van der Waals surface area contributed by atoms with Crippen LogP contribution in [0, 0.1) is 0 Å². The standard InChI is InChI=1S/C22H24N4O2/c1-4-17-18(28-22(2,3)27-17)11-10-16-13-23-20-19(16)25-14-26-21(20)24-12-15-8-6-5-7-9-15/h4-11,13-14,17-18,23H,1,12H2,2-3H3,(H,24,25,26)/b11-10+/t17-,18+/m1/s1. The molecule has 0 saturated carbocycles. The molecule has 0 spiro atoms. The van der Waals surface area contributed by atoms with Crippen LogP contribution in [-0.2, 0) is 16.0 Å².